The van der Waals surface area contributed by atoms with Gasteiger partial charge < -0.3 is 24.4 Å². The minimum atomic E-state index is -0.211. The van der Waals surface area contributed by atoms with Crippen LogP contribution < -0.4 is 19.7 Å². The van der Waals surface area contributed by atoms with Gasteiger partial charge in [0.1, 0.15) is 5.75 Å². The molecular formula is C16H20N4O4S. The van der Waals surface area contributed by atoms with Crippen LogP contribution in [0.4, 0.5) is 5.82 Å². The van der Waals surface area contributed by atoms with Crippen molar-refractivity contribution in [1.29, 1.82) is 0 Å². The number of amides is 1. The Balaban J connectivity index is 1.46. The summed E-state index contributed by atoms with van der Waals surface area (Å²) >= 11 is 1.07. The molecule has 9 heteroatoms. The highest BCUT2D eigenvalue weighted by Gasteiger charge is 2.20. The molecule has 1 N–H and O–H groups in total. The maximum atomic E-state index is 12.0. The standard InChI is InChI=1S/C16H20N4O4S/c1-22-13-4-2-12(3-5-13)10-17-14(21)11-24-16-15(18-25-19-16)20-6-8-23-9-7-20/h2-5H,6-11H2,1H3,(H,17,21). The Morgan fingerprint density at radius 2 is 2.04 bits per heavy atom. The Hall–Kier alpha value is -2.39. The van der Waals surface area contributed by atoms with Gasteiger partial charge in [-0.3, -0.25) is 4.79 Å². The molecule has 1 amide bonds. The lowest BCUT2D eigenvalue weighted by atomic mass is 10.2. The first-order valence-electron chi connectivity index (χ1n) is 7.94. The van der Waals surface area contributed by atoms with Crippen LogP contribution in [0.5, 0.6) is 11.6 Å². The van der Waals surface area contributed by atoms with Crippen molar-refractivity contribution in [2.45, 2.75) is 6.54 Å². The van der Waals surface area contributed by atoms with Crippen molar-refractivity contribution in [2.24, 2.45) is 0 Å². The summed E-state index contributed by atoms with van der Waals surface area (Å²) in [5.74, 6) is 1.64. The minimum Gasteiger partial charge on any atom is -0.497 e. The average Bonchev–Trinajstić information content (AvgIpc) is 3.14. The Bertz CT molecular complexity index is 686. The quantitative estimate of drug-likeness (QED) is 0.787. The van der Waals surface area contributed by atoms with E-state index < -0.39 is 0 Å². The second-order valence-electron chi connectivity index (χ2n) is 5.41. The highest BCUT2D eigenvalue weighted by Crippen LogP contribution is 2.26. The number of methoxy groups -OCH3 is 1. The molecule has 0 spiro atoms. The monoisotopic (exact) mass is 364 g/mol. The van der Waals surface area contributed by atoms with Crippen LogP contribution in [-0.2, 0) is 16.1 Å². The highest BCUT2D eigenvalue weighted by atomic mass is 32.1. The lowest BCUT2D eigenvalue weighted by molar-refractivity contribution is -0.123. The zero-order valence-corrected chi connectivity index (χ0v) is 14.8. The predicted molar refractivity (Wildman–Crippen MR) is 93.3 cm³/mol. The smallest absolute Gasteiger partial charge is 0.271 e. The number of carbonyl (C=O) groups is 1. The van der Waals surface area contributed by atoms with E-state index in [9.17, 15) is 4.79 Å². The second kappa shape index (κ2) is 8.63. The number of nitrogens with zero attached hydrogens (tertiary/aromatic N) is 3. The summed E-state index contributed by atoms with van der Waals surface area (Å²) in [6, 6.07) is 7.52. The maximum Gasteiger partial charge on any atom is 0.271 e. The molecule has 25 heavy (non-hydrogen) atoms. The second-order valence-corrected chi connectivity index (χ2v) is 5.93. The largest absolute Gasteiger partial charge is 0.497 e. The molecule has 0 aliphatic carbocycles. The molecule has 0 radical (unpaired) electrons. The number of nitrogens with one attached hydrogen (secondary N) is 1. The Labute approximate surface area is 150 Å². The summed E-state index contributed by atoms with van der Waals surface area (Å²) in [4.78, 5) is 14.0. The molecular weight excluding hydrogens is 344 g/mol. The summed E-state index contributed by atoms with van der Waals surface area (Å²) in [7, 11) is 1.62. The van der Waals surface area contributed by atoms with Crippen LogP contribution >= 0.6 is 11.7 Å². The van der Waals surface area contributed by atoms with E-state index in [4.69, 9.17) is 14.2 Å². The van der Waals surface area contributed by atoms with Crippen LogP contribution in [0.1, 0.15) is 5.56 Å². The molecule has 0 atom stereocenters. The van der Waals surface area contributed by atoms with Gasteiger partial charge in [-0.25, -0.2) is 0 Å². The first-order valence-corrected chi connectivity index (χ1v) is 8.67. The van der Waals surface area contributed by atoms with Gasteiger partial charge in [-0.1, -0.05) is 12.1 Å². The summed E-state index contributed by atoms with van der Waals surface area (Å²) in [6.45, 7) is 3.12. The lowest BCUT2D eigenvalue weighted by Crippen LogP contribution is -2.37. The molecule has 8 nitrogen and oxygen atoms in total. The van der Waals surface area contributed by atoms with Gasteiger partial charge in [0.2, 0.25) is 5.82 Å². The summed E-state index contributed by atoms with van der Waals surface area (Å²) in [6.07, 6.45) is 0. The summed E-state index contributed by atoms with van der Waals surface area (Å²) < 4.78 is 24.4. The molecule has 3 rings (SSSR count). The summed E-state index contributed by atoms with van der Waals surface area (Å²) in [5.41, 5.74) is 0.985. The van der Waals surface area contributed by atoms with Crippen molar-refractivity contribution < 1.29 is 19.0 Å². The van der Waals surface area contributed by atoms with Crippen molar-refractivity contribution in [3.8, 4) is 11.6 Å². The van der Waals surface area contributed by atoms with E-state index in [-0.39, 0.29) is 12.5 Å². The molecule has 1 aliphatic rings. The van der Waals surface area contributed by atoms with Crippen molar-refractivity contribution >= 4 is 23.5 Å². The number of anilines is 1. The molecule has 1 saturated heterocycles. The van der Waals surface area contributed by atoms with E-state index in [1.165, 1.54) is 0 Å². The van der Waals surface area contributed by atoms with Gasteiger partial charge in [0.05, 0.1) is 32.1 Å². The molecule has 2 aromatic rings. The third-order valence-corrected chi connectivity index (χ3v) is 4.24. The first kappa shape index (κ1) is 17.4. The fraction of sp³-hybridized carbons (Fsp3) is 0.438. The Kier molecular flexibility index (Phi) is 6.02. The Morgan fingerprint density at radius 1 is 1.28 bits per heavy atom. The van der Waals surface area contributed by atoms with E-state index in [1.54, 1.807) is 7.11 Å². The number of hydrogen-bond acceptors (Lipinski definition) is 8. The zero-order valence-electron chi connectivity index (χ0n) is 13.9. The first-order chi connectivity index (χ1) is 12.3. The van der Waals surface area contributed by atoms with E-state index in [0.717, 1.165) is 36.1 Å². The van der Waals surface area contributed by atoms with Gasteiger partial charge in [0.25, 0.3) is 11.8 Å². The van der Waals surface area contributed by atoms with Crippen LogP contribution in [-0.4, -0.2) is 54.7 Å². The molecule has 1 aromatic heterocycles. The van der Waals surface area contributed by atoms with E-state index in [1.807, 2.05) is 24.3 Å². The molecule has 134 valence electrons. The lowest BCUT2D eigenvalue weighted by Gasteiger charge is -2.26. The molecule has 1 fully saturated rings. The van der Waals surface area contributed by atoms with Crippen molar-refractivity contribution in [2.75, 3.05) is 44.9 Å². The Morgan fingerprint density at radius 3 is 2.76 bits per heavy atom. The number of morpholine rings is 1. The van der Waals surface area contributed by atoms with Crippen LogP contribution in [0.2, 0.25) is 0 Å². The van der Waals surface area contributed by atoms with Gasteiger partial charge in [0, 0.05) is 19.6 Å². The van der Waals surface area contributed by atoms with E-state index in [0.29, 0.717) is 31.5 Å². The van der Waals surface area contributed by atoms with Gasteiger partial charge in [-0.05, 0) is 17.7 Å². The predicted octanol–water partition coefficient (Wildman–Crippen LogP) is 1.08. The van der Waals surface area contributed by atoms with Gasteiger partial charge in [-0.15, -0.1) is 4.37 Å². The molecule has 2 heterocycles. The van der Waals surface area contributed by atoms with Crippen molar-refractivity contribution in [3.05, 3.63) is 29.8 Å². The number of benzene rings is 1. The van der Waals surface area contributed by atoms with Gasteiger partial charge >= 0.3 is 0 Å². The third-order valence-electron chi connectivity index (χ3n) is 3.74. The van der Waals surface area contributed by atoms with Gasteiger partial charge in [-0.2, -0.15) is 4.37 Å². The topological polar surface area (TPSA) is 85.8 Å². The molecule has 0 unspecified atom stereocenters. The van der Waals surface area contributed by atoms with Crippen LogP contribution in [0, 0.1) is 0 Å². The zero-order chi connectivity index (χ0) is 17.5. The normalized spacial score (nSPS) is 14.2. The van der Waals surface area contributed by atoms with Crippen LogP contribution in [0.25, 0.3) is 0 Å². The van der Waals surface area contributed by atoms with E-state index >= 15 is 0 Å². The number of carbonyl (C=O) groups excluding carboxylic acids is 1. The number of hydrogen-bond donors (Lipinski definition) is 1. The fourth-order valence-electron chi connectivity index (χ4n) is 2.36. The molecule has 0 saturated carbocycles. The van der Waals surface area contributed by atoms with Crippen molar-refractivity contribution in [1.82, 2.24) is 14.1 Å². The fourth-order valence-corrected chi connectivity index (χ4v) is 2.88. The average molecular weight is 364 g/mol. The summed E-state index contributed by atoms with van der Waals surface area (Å²) in [5, 5.41) is 2.81. The van der Waals surface area contributed by atoms with E-state index in [2.05, 4.69) is 19.0 Å². The van der Waals surface area contributed by atoms with Crippen LogP contribution in [0.15, 0.2) is 24.3 Å². The number of aromatic nitrogens is 2. The third kappa shape index (κ3) is 4.80. The highest BCUT2D eigenvalue weighted by molar-refractivity contribution is 6.99. The SMILES string of the molecule is COc1ccc(CNC(=O)COc2nsnc2N2CCOCC2)cc1. The number of ether oxygens (including phenoxy) is 3. The maximum absolute atomic E-state index is 12.0. The van der Waals surface area contributed by atoms with Crippen molar-refractivity contribution in [3.63, 3.8) is 0 Å². The van der Waals surface area contributed by atoms with Gasteiger partial charge in [0.15, 0.2) is 6.61 Å². The molecule has 1 aliphatic heterocycles. The molecule has 1 aromatic carbocycles. The number of rotatable bonds is 7. The minimum absolute atomic E-state index is 0.0983. The van der Waals surface area contributed by atoms with Crippen LogP contribution in [0.3, 0.4) is 0 Å². The molecule has 0 bridgehead atoms.